The first kappa shape index (κ1) is 19.8. The number of rotatable bonds is 7. The zero-order valence-corrected chi connectivity index (χ0v) is 16.7. The van der Waals surface area contributed by atoms with E-state index in [4.69, 9.17) is 14.2 Å². The third kappa shape index (κ3) is 4.64. The Hall–Kier alpha value is -3.00. The van der Waals surface area contributed by atoms with Gasteiger partial charge >= 0.3 is 0 Å². The number of benzene rings is 2. The average molecular weight is 399 g/mol. The maximum Gasteiger partial charge on any atom is 0.239 e. The first-order chi connectivity index (χ1) is 13.6. The van der Waals surface area contributed by atoms with Gasteiger partial charge in [-0.3, -0.25) is 9.69 Å². The second-order valence-corrected chi connectivity index (χ2v) is 6.80. The summed E-state index contributed by atoms with van der Waals surface area (Å²) in [5.74, 6) is 2.42. The molecule has 3 rings (SSSR count). The predicted molar refractivity (Wildman–Crippen MR) is 111 cm³/mol. The Bertz CT molecular complexity index is 897. The van der Waals surface area contributed by atoms with Crippen LogP contribution in [0.2, 0.25) is 0 Å². The quantitative estimate of drug-likeness (QED) is 0.528. The molecule has 0 aromatic heterocycles. The summed E-state index contributed by atoms with van der Waals surface area (Å²) in [7, 11) is 4.79. The lowest BCUT2D eigenvalue weighted by molar-refractivity contribution is -0.124. The summed E-state index contributed by atoms with van der Waals surface area (Å²) in [6.07, 6.45) is 1.61. The van der Waals surface area contributed by atoms with Gasteiger partial charge in [-0.15, -0.1) is 5.10 Å². The van der Waals surface area contributed by atoms with E-state index in [-0.39, 0.29) is 5.91 Å². The Morgan fingerprint density at radius 2 is 1.79 bits per heavy atom. The minimum absolute atomic E-state index is 0.0147. The number of thioether (sulfide) groups is 1. The molecule has 2 aromatic rings. The van der Waals surface area contributed by atoms with Gasteiger partial charge < -0.3 is 14.2 Å². The number of nitrogens with zero attached hydrogens (tertiary/aromatic N) is 3. The molecule has 7 nitrogen and oxygen atoms in total. The lowest BCUT2D eigenvalue weighted by Crippen LogP contribution is -2.28. The third-order valence-corrected chi connectivity index (χ3v) is 5.07. The Kier molecular flexibility index (Phi) is 6.54. The van der Waals surface area contributed by atoms with Crippen LogP contribution in [0.25, 0.3) is 0 Å². The smallest absolute Gasteiger partial charge is 0.239 e. The molecule has 1 amide bonds. The molecule has 0 N–H and O–H groups in total. The van der Waals surface area contributed by atoms with Crippen LogP contribution in [0.4, 0.5) is 0 Å². The van der Waals surface area contributed by atoms with Crippen molar-refractivity contribution in [3.8, 4) is 17.2 Å². The summed E-state index contributed by atoms with van der Waals surface area (Å²) in [5.41, 5.74) is 1.81. The molecule has 0 saturated carbocycles. The second-order valence-electron chi connectivity index (χ2n) is 5.86. The van der Waals surface area contributed by atoms with E-state index in [0.29, 0.717) is 29.0 Å². The molecule has 2 aromatic carbocycles. The fourth-order valence-corrected chi connectivity index (χ4v) is 3.45. The number of hydrogen-bond donors (Lipinski definition) is 0. The number of carbonyl (C=O) groups is 1. The number of methoxy groups -OCH3 is 3. The van der Waals surface area contributed by atoms with Crippen LogP contribution in [0.15, 0.2) is 52.7 Å². The van der Waals surface area contributed by atoms with Crippen molar-refractivity contribution in [2.45, 2.75) is 6.54 Å². The van der Waals surface area contributed by atoms with Gasteiger partial charge in [0.05, 0.1) is 39.8 Å². The summed E-state index contributed by atoms with van der Waals surface area (Å²) in [6.45, 7) is 0.445. The highest BCUT2D eigenvalue weighted by atomic mass is 32.2. The lowest BCUT2D eigenvalue weighted by atomic mass is 10.2. The first-order valence-electron chi connectivity index (χ1n) is 8.53. The molecule has 1 fully saturated rings. The van der Waals surface area contributed by atoms with Gasteiger partial charge in [-0.05, 0) is 41.5 Å². The van der Waals surface area contributed by atoms with Crippen molar-refractivity contribution in [2.75, 3.05) is 27.1 Å². The monoisotopic (exact) mass is 399 g/mol. The molecule has 0 unspecified atom stereocenters. The lowest BCUT2D eigenvalue weighted by Gasteiger charge is -2.15. The highest BCUT2D eigenvalue weighted by Crippen LogP contribution is 2.27. The standard InChI is InChI=1S/C20H21N3O4S/c1-25-16-7-4-14(5-8-16)12-23-19(24)13-28-20(23)22-21-11-15-6-9-17(26-2)18(10-15)27-3/h4-11H,12-13H2,1-3H3/b21-11-,22-20-. The van der Waals surface area contributed by atoms with Gasteiger partial charge in [-0.25, -0.2) is 0 Å². The van der Waals surface area contributed by atoms with E-state index in [1.165, 1.54) is 11.8 Å². The number of carbonyl (C=O) groups excluding carboxylic acids is 1. The van der Waals surface area contributed by atoms with Crippen LogP contribution in [0.1, 0.15) is 11.1 Å². The molecule has 0 radical (unpaired) electrons. The Morgan fingerprint density at radius 1 is 1.04 bits per heavy atom. The van der Waals surface area contributed by atoms with E-state index >= 15 is 0 Å². The molecular formula is C20H21N3O4S. The van der Waals surface area contributed by atoms with Crippen molar-refractivity contribution in [2.24, 2.45) is 10.2 Å². The highest BCUT2D eigenvalue weighted by molar-refractivity contribution is 8.15. The number of amides is 1. The minimum atomic E-state index is 0.0147. The zero-order valence-electron chi connectivity index (χ0n) is 15.9. The number of hydrogen-bond acceptors (Lipinski definition) is 7. The van der Waals surface area contributed by atoms with E-state index < -0.39 is 0 Å². The van der Waals surface area contributed by atoms with E-state index in [0.717, 1.165) is 16.9 Å². The van der Waals surface area contributed by atoms with Crippen molar-refractivity contribution in [3.63, 3.8) is 0 Å². The molecule has 0 spiro atoms. The fourth-order valence-electron chi connectivity index (χ4n) is 2.62. The molecule has 0 bridgehead atoms. The number of amidine groups is 1. The zero-order chi connectivity index (χ0) is 19.9. The van der Waals surface area contributed by atoms with E-state index in [1.54, 1.807) is 38.5 Å². The van der Waals surface area contributed by atoms with Crippen molar-refractivity contribution in [1.82, 2.24) is 4.90 Å². The van der Waals surface area contributed by atoms with E-state index in [1.807, 2.05) is 36.4 Å². The van der Waals surface area contributed by atoms with Gasteiger partial charge in [0.2, 0.25) is 5.91 Å². The van der Waals surface area contributed by atoms with Gasteiger partial charge in [-0.1, -0.05) is 23.9 Å². The Balaban J connectivity index is 1.72. The highest BCUT2D eigenvalue weighted by Gasteiger charge is 2.28. The van der Waals surface area contributed by atoms with Gasteiger partial charge in [0, 0.05) is 0 Å². The molecule has 1 heterocycles. The first-order valence-corrected chi connectivity index (χ1v) is 9.52. The normalized spacial score (nSPS) is 15.5. The van der Waals surface area contributed by atoms with Crippen LogP contribution >= 0.6 is 11.8 Å². The van der Waals surface area contributed by atoms with Crippen molar-refractivity contribution in [1.29, 1.82) is 0 Å². The van der Waals surface area contributed by atoms with Gasteiger partial charge in [0.25, 0.3) is 0 Å². The average Bonchev–Trinajstić information content (AvgIpc) is 3.08. The maximum atomic E-state index is 12.2. The third-order valence-electron chi connectivity index (χ3n) is 4.11. The van der Waals surface area contributed by atoms with Crippen LogP contribution in [0.5, 0.6) is 17.2 Å². The molecule has 146 valence electrons. The molecule has 1 saturated heterocycles. The minimum Gasteiger partial charge on any atom is -0.497 e. The Labute approximate surface area is 168 Å². The molecular weight excluding hydrogens is 378 g/mol. The van der Waals surface area contributed by atoms with Crippen molar-refractivity contribution >= 4 is 29.1 Å². The van der Waals surface area contributed by atoms with E-state index in [9.17, 15) is 4.79 Å². The molecule has 0 aliphatic carbocycles. The summed E-state index contributed by atoms with van der Waals surface area (Å²) >= 11 is 1.38. The fraction of sp³-hybridized carbons (Fsp3) is 0.250. The van der Waals surface area contributed by atoms with Crippen molar-refractivity contribution < 1.29 is 19.0 Å². The van der Waals surface area contributed by atoms with Crippen molar-refractivity contribution in [3.05, 3.63) is 53.6 Å². The predicted octanol–water partition coefficient (Wildman–Crippen LogP) is 3.18. The second kappa shape index (κ2) is 9.27. The number of ether oxygens (including phenoxy) is 3. The molecule has 0 atom stereocenters. The Morgan fingerprint density at radius 3 is 2.46 bits per heavy atom. The molecule has 8 heteroatoms. The topological polar surface area (TPSA) is 72.7 Å². The van der Waals surface area contributed by atoms with Crippen LogP contribution in [0.3, 0.4) is 0 Å². The van der Waals surface area contributed by atoms with Crippen LogP contribution in [-0.2, 0) is 11.3 Å². The summed E-state index contributed by atoms with van der Waals surface area (Å²) in [6, 6.07) is 13.1. The van der Waals surface area contributed by atoms with Crippen LogP contribution in [0, 0.1) is 0 Å². The molecule has 28 heavy (non-hydrogen) atoms. The largest absolute Gasteiger partial charge is 0.497 e. The summed E-state index contributed by atoms with van der Waals surface area (Å²) < 4.78 is 15.7. The van der Waals surface area contributed by atoms with Crippen LogP contribution in [-0.4, -0.2) is 49.3 Å². The van der Waals surface area contributed by atoms with Gasteiger partial charge in [-0.2, -0.15) is 5.10 Å². The van der Waals surface area contributed by atoms with E-state index in [2.05, 4.69) is 10.2 Å². The maximum absolute atomic E-state index is 12.2. The van der Waals surface area contributed by atoms with Crippen LogP contribution < -0.4 is 14.2 Å². The van der Waals surface area contributed by atoms with Gasteiger partial charge in [0.15, 0.2) is 16.7 Å². The summed E-state index contributed by atoms with van der Waals surface area (Å²) in [5, 5.41) is 8.96. The molecule has 1 aliphatic heterocycles. The van der Waals surface area contributed by atoms with Gasteiger partial charge in [0.1, 0.15) is 5.75 Å². The molecule has 1 aliphatic rings. The summed E-state index contributed by atoms with van der Waals surface area (Å²) in [4.78, 5) is 13.9. The SMILES string of the molecule is COc1ccc(CN2C(=O)CS/C2=N\N=C/c2ccc(OC)c(OC)c2)cc1.